The molecular formula is C20H12O4S. The van der Waals surface area contributed by atoms with Crippen molar-refractivity contribution < 1.29 is 17.2 Å². The molecule has 0 bridgehead atoms. The Bertz CT molecular complexity index is 1390. The third kappa shape index (κ3) is 2.13. The predicted molar refractivity (Wildman–Crippen MR) is 99.8 cm³/mol. The van der Waals surface area contributed by atoms with E-state index in [0.29, 0.717) is 5.39 Å². The molecule has 0 amide bonds. The summed E-state index contributed by atoms with van der Waals surface area (Å²) in [6, 6.07) is 21.6. The Morgan fingerprint density at radius 2 is 1.36 bits per heavy atom. The second-order valence-corrected chi connectivity index (χ2v) is 7.12. The zero-order valence-electron chi connectivity index (χ0n) is 12.9. The van der Waals surface area contributed by atoms with Gasteiger partial charge in [-0.25, -0.2) is 0 Å². The average Bonchev–Trinajstić information content (AvgIpc) is 2.59. The molecule has 0 unspecified atom stereocenters. The third-order valence-corrected chi connectivity index (χ3v) is 5.05. The smallest absolute Gasteiger partial charge is 0.361 e. The highest BCUT2D eigenvalue weighted by atomic mass is 32.3. The van der Waals surface area contributed by atoms with Crippen molar-refractivity contribution in [2.24, 2.45) is 0 Å². The lowest BCUT2D eigenvalue weighted by molar-refractivity contribution is 0.388. The van der Waals surface area contributed by atoms with E-state index in [1.165, 1.54) is 0 Å². The first-order chi connectivity index (χ1) is 12.0. The van der Waals surface area contributed by atoms with Crippen LogP contribution >= 0.6 is 0 Å². The van der Waals surface area contributed by atoms with Crippen LogP contribution in [0, 0.1) is 0 Å². The maximum absolute atomic E-state index is 11.2. The summed E-state index contributed by atoms with van der Waals surface area (Å²) in [6.45, 7) is 0. The predicted octanol–water partition coefficient (Wildman–Crippen LogP) is 4.92. The van der Waals surface area contributed by atoms with Crippen molar-refractivity contribution in [2.45, 2.75) is 0 Å². The van der Waals surface area contributed by atoms with Gasteiger partial charge in [0.15, 0.2) is 5.75 Å². The van der Waals surface area contributed by atoms with Crippen LogP contribution in [0.3, 0.4) is 0 Å². The Hall–Kier alpha value is -2.89. The highest BCUT2D eigenvalue weighted by Crippen LogP contribution is 2.41. The molecule has 5 rings (SSSR count). The largest absolute Gasteiger partial charge is 0.446 e. The number of hydrogen-bond acceptors (Lipinski definition) is 3. The van der Waals surface area contributed by atoms with Crippen LogP contribution < -0.4 is 4.18 Å². The van der Waals surface area contributed by atoms with E-state index < -0.39 is 10.4 Å². The van der Waals surface area contributed by atoms with Crippen LogP contribution in [0.15, 0.2) is 66.7 Å². The van der Waals surface area contributed by atoms with Gasteiger partial charge in [-0.1, -0.05) is 48.5 Å². The fourth-order valence-electron chi connectivity index (χ4n) is 3.71. The van der Waals surface area contributed by atoms with Crippen molar-refractivity contribution in [1.82, 2.24) is 0 Å². The Balaban J connectivity index is 2.01. The van der Waals surface area contributed by atoms with Gasteiger partial charge < -0.3 is 4.18 Å². The highest BCUT2D eigenvalue weighted by Gasteiger charge is 2.16. The second-order valence-electron chi connectivity index (χ2n) is 6.09. The molecule has 4 nitrogen and oxygen atoms in total. The minimum absolute atomic E-state index is 0.123. The molecule has 122 valence electrons. The molecule has 5 aromatic rings. The number of rotatable bonds is 2. The Labute approximate surface area is 143 Å². The molecule has 25 heavy (non-hydrogen) atoms. The first-order valence-corrected chi connectivity index (χ1v) is 9.14. The van der Waals surface area contributed by atoms with Gasteiger partial charge in [0.25, 0.3) is 0 Å². The second kappa shape index (κ2) is 4.81. The first kappa shape index (κ1) is 14.5. The lowest BCUT2D eigenvalue weighted by atomic mass is 9.91. The molecule has 0 fully saturated rings. The topological polar surface area (TPSA) is 63.6 Å². The zero-order valence-corrected chi connectivity index (χ0v) is 13.7. The molecular weight excluding hydrogens is 336 g/mol. The maximum Gasteiger partial charge on any atom is 0.446 e. The van der Waals surface area contributed by atoms with E-state index in [1.54, 1.807) is 12.1 Å². The number of benzene rings is 5. The molecule has 1 N–H and O–H groups in total. The van der Waals surface area contributed by atoms with Crippen molar-refractivity contribution in [3.8, 4) is 5.75 Å². The van der Waals surface area contributed by atoms with Gasteiger partial charge in [0.1, 0.15) is 0 Å². The molecule has 0 saturated carbocycles. The fraction of sp³-hybridized carbons (Fsp3) is 0. The van der Waals surface area contributed by atoms with Crippen LogP contribution in [0.2, 0.25) is 0 Å². The summed E-state index contributed by atoms with van der Waals surface area (Å²) in [5.41, 5.74) is 0. The van der Waals surface area contributed by atoms with Gasteiger partial charge in [-0.05, 0) is 50.5 Å². The van der Waals surface area contributed by atoms with Gasteiger partial charge in [-0.2, -0.15) is 8.42 Å². The summed E-state index contributed by atoms with van der Waals surface area (Å²) >= 11 is 0. The molecule has 0 atom stereocenters. The normalized spacial score (nSPS) is 12.5. The summed E-state index contributed by atoms with van der Waals surface area (Å²) in [4.78, 5) is 0. The average molecular weight is 348 g/mol. The van der Waals surface area contributed by atoms with Crippen LogP contribution in [0.1, 0.15) is 0 Å². The number of fused-ring (bicyclic) bond motifs is 2. The molecule has 0 saturated heterocycles. The van der Waals surface area contributed by atoms with E-state index in [9.17, 15) is 8.42 Å². The van der Waals surface area contributed by atoms with Gasteiger partial charge in [0.05, 0.1) is 0 Å². The van der Waals surface area contributed by atoms with Gasteiger partial charge in [-0.15, -0.1) is 0 Å². The summed E-state index contributed by atoms with van der Waals surface area (Å²) in [5.74, 6) is 0.123. The van der Waals surface area contributed by atoms with Crippen molar-refractivity contribution in [1.29, 1.82) is 0 Å². The molecule has 5 heteroatoms. The molecule has 0 aliphatic carbocycles. The zero-order chi connectivity index (χ0) is 17.2. The monoisotopic (exact) mass is 348 g/mol. The van der Waals surface area contributed by atoms with Crippen LogP contribution in [0.5, 0.6) is 5.75 Å². The van der Waals surface area contributed by atoms with Crippen LogP contribution in [-0.2, 0) is 10.4 Å². The summed E-state index contributed by atoms with van der Waals surface area (Å²) in [7, 11) is -4.58. The van der Waals surface area contributed by atoms with Crippen LogP contribution in [0.4, 0.5) is 0 Å². The van der Waals surface area contributed by atoms with Gasteiger partial charge in [-0.3, -0.25) is 4.55 Å². The Kier molecular flexibility index (Phi) is 2.78. The lowest BCUT2D eigenvalue weighted by Crippen LogP contribution is -2.07. The highest BCUT2D eigenvalue weighted by molar-refractivity contribution is 7.81. The molecule has 0 aliphatic rings. The molecule has 0 spiro atoms. The van der Waals surface area contributed by atoms with Crippen molar-refractivity contribution in [3.05, 3.63) is 66.7 Å². The minimum atomic E-state index is -4.58. The molecule has 0 heterocycles. The van der Waals surface area contributed by atoms with Crippen LogP contribution in [-0.4, -0.2) is 13.0 Å². The standard InChI is InChI=1S/C20H12O4S/c21-25(22,23)24-18-10-7-12-5-6-14-11-13-3-1-2-4-15(13)16-8-9-17(18)19(12)20(14)16/h1-11H,(H,21,22,23). The fourth-order valence-corrected chi connectivity index (χ4v) is 4.09. The minimum Gasteiger partial charge on any atom is -0.361 e. The van der Waals surface area contributed by atoms with E-state index in [4.69, 9.17) is 8.74 Å². The van der Waals surface area contributed by atoms with E-state index in [2.05, 4.69) is 24.3 Å². The van der Waals surface area contributed by atoms with E-state index in [-0.39, 0.29) is 5.75 Å². The molecule has 0 aliphatic heterocycles. The summed E-state index contributed by atoms with van der Waals surface area (Å²) < 4.78 is 36.2. The van der Waals surface area contributed by atoms with E-state index in [1.807, 2.05) is 30.3 Å². The number of hydrogen-bond donors (Lipinski definition) is 1. The SMILES string of the molecule is O=S(=O)(O)Oc1ccc2ccc3cc4ccccc4c4ccc1c2c34. The van der Waals surface area contributed by atoms with Crippen molar-refractivity contribution in [2.75, 3.05) is 0 Å². The van der Waals surface area contributed by atoms with E-state index >= 15 is 0 Å². The van der Waals surface area contributed by atoms with Crippen LogP contribution in [0.25, 0.3) is 43.1 Å². The third-order valence-electron chi connectivity index (χ3n) is 4.66. The Morgan fingerprint density at radius 3 is 2.20 bits per heavy atom. The van der Waals surface area contributed by atoms with Gasteiger partial charge in [0.2, 0.25) is 0 Å². The van der Waals surface area contributed by atoms with Gasteiger partial charge in [0, 0.05) is 10.8 Å². The Morgan fingerprint density at radius 1 is 0.680 bits per heavy atom. The van der Waals surface area contributed by atoms with E-state index in [0.717, 1.165) is 37.7 Å². The van der Waals surface area contributed by atoms with Crippen molar-refractivity contribution >= 4 is 53.5 Å². The first-order valence-electron chi connectivity index (χ1n) is 7.77. The summed E-state index contributed by atoms with van der Waals surface area (Å²) in [6.07, 6.45) is 0. The lowest BCUT2D eigenvalue weighted by Gasteiger charge is -2.15. The van der Waals surface area contributed by atoms with Crippen molar-refractivity contribution in [3.63, 3.8) is 0 Å². The molecule has 0 radical (unpaired) electrons. The van der Waals surface area contributed by atoms with Gasteiger partial charge >= 0.3 is 10.4 Å². The molecule has 5 aromatic carbocycles. The quantitative estimate of drug-likeness (QED) is 0.279. The summed E-state index contributed by atoms with van der Waals surface area (Å²) in [5, 5.41) is 8.13. The molecule has 0 aromatic heterocycles. The maximum atomic E-state index is 11.2.